The molecule has 0 radical (unpaired) electrons. The lowest BCUT2D eigenvalue weighted by atomic mass is 9.97. The average Bonchev–Trinajstić information content (AvgIpc) is 3.40. The molecular formula is C60H115NO13. The first-order valence-corrected chi connectivity index (χ1v) is 30.9. The molecular weight excluding hydrogens is 943 g/mol. The normalized spacial score (nSPS) is 25.2. The van der Waals surface area contributed by atoms with Crippen LogP contribution in [-0.2, 0) is 23.7 Å². The molecule has 12 atom stereocenters. The van der Waals surface area contributed by atoms with Crippen molar-refractivity contribution in [1.82, 2.24) is 5.32 Å². The second-order valence-corrected chi connectivity index (χ2v) is 22.2. The summed E-state index contributed by atoms with van der Waals surface area (Å²) in [4.78, 5) is 13.2. The minimum Gasteiger partial charge on any atom is -0.394 e. The minimum absolute atomic E-state index is 0.238. The Morgan fingerprint density at radius 1 is 0.473 bits per heavy atom. The van der Waals surface area contributed by atoms with E-state index in [0.29, 0.717) is 6.42 Å². The Morgan fingerprint density at radius 2 is 0.838 bits per heavy atom. The van der Waals surface area contributed by atoms with Gasteiger partial charge in [-0.15, -0.1) is 0 Å². The summed E-state index contributed by atoms with van der Waals surface area (Å²) in [5.41, 5.74) is 0. The van der Waals surface area contributed by atoms with Crippen LogP contribution in [0.5, 0.6) is 0 Å². The molecule has 0 aliphatic carbocycles. The number of rotatable bonds is 50. The predicted octanol–water partition coefficient (Wildman–Crippen LogP) is 10.7. The highest BCUT2D eigenvalue weighted by molar-refractivity contribution is 5.76. The quantitative estimate of drug-likeness (QED) is 0.0204. The highest BCUT2D eigenvalue weighted by Gasteiger charge is 2.51. The van der Waals surface area contributed by atoms with Crippen molar-refractivity contribution in [2.75, 3.05) is 19.8 Å². The van der Waals surface area contributed by atoms with Crippen LogP contribution in [0.25, 0.3) is 0 Å². The number of nitrogens with one attached hydrogen (secondary N) is 1. The fourth-order valence-electron chi connectivity index (χ4n) is 10.5. The van der Waals surface area contributed by atoms with Crippen LogP contribution in [0.15, 0.2) is 12.2 Å². The van der Waals surface area contributed by atoms with Crippen molar-refractivity contribution in [2.24, 2.45) is 0 Å². The average molecular weight is 1060 g/mol. The van der Waals surface area contributed by atoms with Crippen LogP contribution >= 0.6 is 0 Å². The summed E-state index contributed by atoms with van der Waals surface area (Å²) in [5, 5.41) is 86.6. The minimum atomic E-state index is -1.78. The van der Waals surface area contributed by atoms with E-state index in [1.54, 1.807) is 6.08 Å². The molecule has 2 rings (SSSR count). The summed E-state index contributed by atoms with van der Waals surface area (Å²) >= 11 is 0. The predicted molar refractivity (Wildman–Crippen MR) is 295 cm³/mol. The Labute approximate surface area is 450 Å². The van der Waals surface area contributed by atoms with Crippen molar-refractivity contribution in [3.05, 3.63) is 12.2 Å². The highest BCUT2D eigenvalue weighted by Crippen LogP contribution is 2.30. The topological polar surface area (TPSA) is 228 Å². The van der Waals surface area contributed by atoms with Crippen molar-refractivity contribution in [3.8, 4) is 0 Å². The number of aliphatic hydroxyl groups is 8. The van der Waals surface area contributed by atoms with Gasteiger partial charge in [-0.05, 0) is 19.3 Å². The van der Waals surface area contributed by atoms with Crippen molar-refractivity contribution in [1.29, 1.82) is 0 Å². The standard InChI is InChI=1S/C60H115NO13/c1-3-5-7-9-11-12-13-14-15-16-17-18-19-20-21-22-23-24-25-26-27-28-29-30-31-32-33-34-35-36-38-40-42-44-52(65)61-48(49(64)43-41-39-37-10-8-6-4-2)47-71-59-57(70)55(68)58(51(46-63)73-59)74-60-56(69)54(67)53(66)50(45-62)72-60/h41,43,48-51,53-60,62-64,66-70H,3-40,42,44-47H2,1-2H3,(H,61,65)/b43-41+. The largest absolute Gasteiger partial charge is 0.394 e. The van der Waals surface area contributed by atoms with Crippen LogP contribution in [0, 0.1) is 0 Å². The SMILES string of the molecule is CCCCCCC/C=C/C(O)C(COC1OC(CO)C(OC2OC(CO)C(O)C(O)C2O)C(O)C1O)NC(=O)CCCCCCCCCCCCCCCCCCCCCCCCCCCCCCCCCCC. The fraction of sp³-hybridized carbons (Fsp3) is 0.950. The molecule has 0 aromatic heterocycles. The van der Waals surface area contributed by atoms with E-state index in [4.69, 9.17) is 18.9 Å². The smallest absolute Gasteiger partial charge is 0.220 e. The molecule has 0 saturated carbocycles. The molecule has 0 aromatic carbocycles. The van der Waals surface area contributed by atoms with Crippen LogP contribution in [0.2, 0.25) is 0 Å². The summed E-state index contributed by atoms with van der Waals surface area (Å²) in [6.45, 7) is 2.75. The number of unbranched alkanes of at least 4 members (excludes halogenated alkanes) is 37. The molecule has 438 valence electrons. The first-order chi connectivity index (χ1) is 36.1. The molecule has 2 aliphatic rings. The van der Waals surface area contributed by atoms with E-state index in [1.807, 2.05) is 6.08 Å². The fourth-order valence-corrected chi connectivity index (χ4v) is 10.5. The Kier molecular flexibility index (Phi) is 43.4. The molecule has 14 heteroatoms. The molecule has 14 nitrogen and oxygen atoms in total. The van der Waals surface area contributed by atoms with Gasteiger partial charge in [0.1, 0.15) is 48.8 Å². The molecule has 9 N–H and O–H groups in total. The summed E-state index contributed by atoms with van der Waals surface area (Å²) < 4.78 is 22.7. The van der Waals surface area contributed by atoms with Crippen molar-refractivity contribution in [3.63, 3.8) is 0 Å². The van der Waals surface area contributed by atoms with Gasteiger partial charge in [0.05, 0.1) is 32.0 Å². The molecule has 74 heavy (non-hydrogen) atoms. The maximum atomic E-state index is 13.2. The van der Waals surface area contributed by atoms with Gasteiger partial charge in [0.25, 0.3) is 0 Å². The van der Waals surface area contributed by atoms with Crippen LogP contribution in [0.3, 0.4) is 0 Å². The summed E-state index contributed by atoms with van der Waals surface area (Å²) in [5.74, 6) is -0.238. The second-order valence-electron chi connectivity index (χ2n) is 22.2. The Bertz CT molecular complexity index is 1290. The molecule has 2 saturated heterocycles. The van der Waals surface area contributed by atoms with E-state index in [1.165, 1.54) is 193 Å². The molecule has 2 heterocycles. The van der Waals surface area contributed by atoms with Crippen LogP contribution in [-0.4, -0.2) is 140 Å². The summed E-state index contributed by atoms with van der Waals surface area (Å²) in [6.07, 6.45) is 37.6. The first kappa shape index (κ1) is 68.8. The molecule has 0 aromatic rings. The zero-order valence-corrected chi connectivity index (χ0v) is 47.1. The van der Waals surface area contributed by atoms with E-state index in [0.717, 1.165) is 51.4 Å². The van der Waals surface area contributed by atoms with Crippen LogP contribution in [0.1, 0.15) is 271 Å². The van der Waals surface area contributed by atoms with E-state index in [2.05, 4.69) is 19.2 Å². The van der Waals surface area contributed by atoms with E-state index >= 15 is 0 Å². The lowest BCUT2D eigenvalue weighted by Crippen LogP contribution is -2.65. The number of carbonyl (C=O) groups excluding carboxylic acids is 1. The van der Waals surface area contributed by atoms with Gasteiger partial charge in [-0.2, -0.15) is 0 Å². The van der Waals surface area contributed by atoms with E-state index in [-0.39, 0.29) is 18.9 Å². The Morgan fingerprint density at radius 3 is 1.24 bits per heavy atom. The van der Waals surface area contributed by atoms with Crippen LogP contribution in [0.4, 0.5) is 0 Å². The van der Waals surface area contributed by atoms with Gasteiger partial charge in [-0.3, -0.25) is 4.79 Å². The number of carbonyl (C=O) groups is 1. The lowest BCUT2D eigenvalue weighted by molar-refractivity contribution is -0.359. The van der Waals surface area contributed by atoms with Crippen molar-refractivity contribution < 1.29 is 64.6 Å². The number of ether oxygens (including phenoxy) is 4. The van der Waals surface area contributed by atoms with Gasteiger partial charge in [0.15, 0.2) is 12.6 Å². The number of amides is 1. The number of hydrogen-bond acceptors (Lipinski definition) is 13. The highest BCUT2D eigenvalue weighted by atomic mass is 16.7. The van der Waals surface area contributed by atoms with E-state index < -0.39 is 86.8 Å². The van der Waals surface area contributed by atoms with E-state index in [9.17, 15) is 45.6 Å². The Hall–Kier alpha value is -1.27. The van der Waals surface area contributed by atoms with Crippen molar-refractivity contribution in [2.45, 2.75) is 344 Å². The van der Waals surface area contributed by atoms with Gasteiger partial charge in [0.2, 0.25) is 5.91 Å². The zero-order chi connectivity index (χ0) is 53.9. The van der Waals surface area contributed by atoms with Crippen molar-refractivity contribution >= 4 is 5.91 Å². The van der Waals surface area contributed by atoms with Gasteiger partial charge in [-0.1, -0.05) is 257 Å². The first-order valence-electron chi connectivity index (χ1n) is 30.9. The lowest BCUT2D eigenvalue weighted by Gasteiger charge is -2.46. The maximum Gasteiger partial charge on any atom is 0.220 e. The number of allylic oxidation sites excluding steroid dienone is 1. The Balaban J connectivity index is 1.54. The number of hydrogen-bond donors (Lipinski definition) is 9. The molecule has 2 aliphatic heterocycles. The van der Waals surface area contributed by atoms with Gasteiger partial charge >= 0.3 is 0 Å². The third-order valence-corrected chi connectivity index (χ3v) is 15.5. The van der Waals surface area contributed by atoms with Gasteiger partial charge in [-0.25, -0.2) is 0 Å². The zero-order valence-electron chi connectivity index (χ0n) is 47.1. The molecule has 0 bridgehead atoms. The number of aliphatic hydroxyl groups excluding tert-OH is 8. The second kappa shape index (κ2) is 46.6. The van der Waals surface area contributed by atoms with Crippen LogP contribution < -0.4 is 5.32 Å². The van der Waals surface area contributed by atoms with Gasteiger partial charge < -0.3 is 65.1 Å². The third-order valence-electron chi connectivity index (χ3n) is 15.5. The summed E-state index contributed by atoms with van der Waals surface area (Å²) in [7, 11) is 0. The monoisotopic (exact) mass is 1060 g/mol. The maximum absolute atomic E-state index is 13.2. The van der Waals surface area contributed by atoms with Gasteiger partial charge in [0, 0.05) is 6.42 Å². The molecule has 1 amide bonds. The summed E-state index contributed by atoms with van der Waals surface area (Å²) in [6, 6.07) is -0.907. The molecule has 0 spiro atoms. The third kappa shape index (κ3) is 32.0. The molecule has 12 unspecified atom stereocenters. The molecule has 2 fully saturated rings.